The van der Waals surface area contributed by atoms with E-state index in [-0.39, 0.29) is 11.5 Å². The summed E-state index contributed by atoms with van der Waals surface area (Å²) in [7, 11) is 0. The second kappa shape index (κ2) is 7.84. The molecule has 1 atom stereocenters. The summed E-state index contributed by atoms with van der Waals surface area (Å²) < 4.78 is 19.5. The minimum absolute atomic E-state index is 0.190. The molecule has 2 heterocycles. The molecule has 0 aliphatic carbocycles. The van der Waals surface area contributed by atoms with Gasteiger partial charge in [-0.15, -0.1) is 0 Å². The molecule has 1 amide bonds. The number of thioether (sulfide) groups is 1. The van der Waals surface area contributed by atoms with E-state index in [0.29, 0.717) is 22.1 Å². The number of carboxylic acid groups (broad SMARTS) is 1. The van der Waals surface area contributed by atoms with Gasteiger partial charge in [-0.1, -0.05) is 36.0 Å². The lowest BCUT2D eigenvalue weighted by atomic mass is 10.1. The maximum Gasteiger partial charge on any atom is 0.335 e. The zero-order valence-corrected chi connectivity index (χ0v) is 15.7. The van der Waals surface area contributed by atoms with Crippen molar-refractivity contribution < 1.29 is 23.5 Å². The van der Waals surface area contributed by atoms with Crippen LogP contribution in [0.1, 0.15) is 16.1 Å². The Morgan fingerprint density at radius 1 is 1.14 bits per heavy atom. The zero-order chi connectivity index (χ0) is 20.4. The highest BCUT2D eigenvalue weighted by molar-refractivity contribution is 8.05. The Hall–Kier alpha value is -3.52. The number of furan rings is 1. The molecule has 6 nitrogen and oxygen atoms in total. The molecule has 29 heavy (non-hydrogen) atoms. The number of amides is 1. The number of nitrogens with one attached hydrogen (secondary N) is 2. The SMILES string of the molecule is O=C1NC(Nc2ccccc2F)S/C1=C\c1ccc(-c2ccc(C(=O)O)cc2)o1. The van der Waals surface area contributed by atoms with E-state index in [1.165, 1.54) is 30.0 Å². The van der Waals surface area contributed by atoms with Crippen LogP contribution in [0.25, 0.3) is 17.4 Å². The van der Waals surface area contributed by atoms with Crippen molar-refractivity contribution in [3.8, 4) is 11.3 Å². The summed E-state index contributed by atoms with van der Waals surface area (Å²) in [5, 5.41) is 14.6. The Kier molecular flexibility index (Phi) is 5.09. The van der Waals surface area contributed by atoms with E-state index in [2.05, 4.69) is 10.6 Å². The van der Waals surface area contributed by atoms with Crippen LogP contribution in [0.3, 0.4) is 0 Å². The van der Waals surface area contributed by atoms with Crippen LogP contribution in [0.15, 0.2) is 70.0 Å². The minimum atomic E-state index is -0.996. The normalized spacial score (nSPS) is 17.3. The Balaban J connectivity index is 1.48. The van der Waals surface area contributed by atoms with Crippen molar-refractivity contribution in [3.05, 3.63) is 82.7 Å². The fraction of sp³-hybridized carbons (Fsp3) is 0.0476. The minimum Gasteiger partial charge on any atom is -0.478 e. The fourth-order valence-electron chi connectivity index (χ4n) is 2.78. The number of halogens is 1. The molecule has 0 spiro atoms. The fourth-order valence-corrected chi connectivity index (χ4v) is 3.73. The second-order valence-electron chi connectivity index (χ2n) is 6.19. The quantitative estimate of drug-likeness (QED) is 0.541. The first-order valence-corrected chi connectivity index (χ1v) is 9.51. The number of hydrogen-bond acceptors (Lipinski definition) is 5. The third-order valence-electron chi connectivity index (χ3n) is 4.21. The van der Waals surface area contributed by atoms with Crippen LogP contribution in [-0.4, -0.2) is 22.5 Å². The van der Waals surface area contributed by atoms with Gasteiger partial charge in [-0.2, -0.15) is 0 Å². The monoisotopic (exact) mass is 410 g/mol. The van der Waals surface area contributed by atoms with Crippen molar-refractivity contribution in [2.45, 2.75) is 5.50 Å². The van der Waals surface area contributed by atoms with Crippen LogP contribution < -0.4 is 10.6 Å². The zero-order valence-electron chi connectivity index (χ0n) is 14.9. The van der Waals surface area contributed by atoms with E-state index >= 15 is 0 Å². The molecule has 1 aromatic heterocycles. The maximum absolute atomic E-state index is 13.8. The molecule has 0 saturated carbocycles. The van der Waals surface area contributed by atoms with Crippen LogP contribution >= 0.6 is 11.8 Å². The molecule has 3 aromatic rings. The number of carbonyl (C=O) groups is 2. The molecule has 146 valence electrons. The lowest BCUT2D eigenvalue weighted by molar-refractivity contribution is -0.116. The van der Waals surface area contributed by atoms with Gasteiger partial charge < -0.3 is 20.2 Å². The summed E-state index contributed by atoms with van der Waals surface area (Å²) in [4.78, 5) is 23.6. The first-order chi connectivity index (χ1) is 14.0. The van der Waals surface area contributed by atoms with E-state index in [4.69, 9.17) is 9.52 Å². The van der Waals surface area contributed by atoms with Gasteiger partial charge in [0.2, 0.25) is 0 Å². The number of carboxylic acids is 1. The Labute approximate surface area is 169 Å². The van der Waals surface area contributed by atoms with Gasteiger partial charge in [0.25, 0.3) is 5.91 Å². The summed E-state index contributed by atoms with van der Waals surface area (Å²) >= 11 is 1.22. The smallest absolute Gasteiger partial charge is 0.335 e. The lowest BCUT2D eigenvalue weighted by Crippen LogP contribution is -2.31. The largest absolute Gasteiger partial charge is 0.478 e. The molecule has 8 heteroatoms. The number of aromatic carboxylic acids is 1. The number of rotatable bonds is 5. The highest BCUT2D eigenvalue weighted by Crippen LogP contribution is 2.32. The van der Waals surface area contributed by atoms with E-state index in [9.17, 15) is 14.0 Å². The number of carbonyl (C=O) groups excluding carboxylic acids is 1. The van der Waals surface area contributed by atoms with Crippen molar-refractivity contribution >= 4 is 35.4 Å². The first kappa shape index (κ1) is 18.8. The lowest BCUT2D eigenvalue weighted by Gasteiger charge is -2.12. The summed E-state index contributed by atoms with van der Waals surface area (Å²) in [5.41, 5.74) is 0.720. The number of benzene rings is 2. The molecule has 1 aliphatic rings. The Morgan fingerprint density at radius 3 is 2.62 bits per heavy atom. The van der Waals surface area contributed by atoms with E-state index in [1.807, 2.05) is 0 Å². The molecule has 1 unspecified atom stereocenters. The molecular weight excluding hydrogens is 395 g/mol. The van der Waals surface area contributed by atoms with E-state index in [0.717, 1.165) is 5.56 Å². The number of hydrogen-bond donors (Lipinski definition) is 3. The summed E-state index contributed by atoms with van der Waals surface area (Å²) in [6, 6.07) is 16.0. The molecular formula is C21H15FN2O4S. The van der Waals surface area contributed by atoms with E-state index in [1.54, 1.807) is 48.5 Å². The average molecular weight is 410 g/mol. The number of para-hydroxylation sites is 1. The molecule has 0 bridgehead atoms. The summed E-state index contributed by atoms with van der Waals surface area (Å²) in [5.74, 6) is -0.647. The standard InChI is InChI=1S/C21H15FN2O4S/c22-15-3-1-2-4-16(15)23-21-24-19(25)18(29-21)11-14-9-10-17(28-14)12-5-7-13(8-6-12)20(26)27/h1-11,21,23H,(H,24,25)(H,26,27)/b18-11-. The van der Waals surface area contributed by atoms with Gasteiger partial charge in [-0.3, -0.25) is 4.79 Å². The maximum atomic E-state index is 13.8. The van der Waals surface area contributed by atoms with Crippen molar-refractivity contribution in [2.75, 3.05) is 5.32 Å². The molecule has 3 N–H and O–H groups in total. The molecule has 0 radical (unpaired) electrons. The van der Waals surface area contributed by atoms with Gasteiger partial charge >= 0.3 is 5.97 Å². The molecule has 4 rings (SSSR count). The van der Waals surface area contributed by atoms with Crippen LogP contribution in [0.4, 0.5) is 10.1 Å². The van der Waals surface area contributed by atoms with Crippen LogP contribution in [0, 0.1) is 5.82 Å². The highest BCUT2D eigenvalue weighted by atomic mass is 32.2. The van der Waals surface area contributed by atoms with Crippen molar-refractivity contribution in [1.29, 1.82) is 0 Å². The van der Waals surface area contributed by atoms with Gasteiger partial charge in [0, 0.05) is 11.6 Å². The second-order valence-corrected chi connectivity index (χ2v) is 7.34. The highest BCUT2D eigenvalue weighted by Gasteiger charge is 2.28. The van der Waals surface area contributed by atoms with Crippen LogP contribution in [0.5, 0.6) is 0 Å². The topological polar surface area (TPSA) is 91.6 Å². The van der Waals surface area contributed by atoms with E-state index < -0.39 is 17.3 Å². The molecule has 2 aromatic carbocycles. The third-order valence-corrected chi connectivity index (χ3v) is 5.24. The first-order valence-electron chi connectivity index (χ1n) is 8.63. The van der Waals surface area contributed by atoms with Gasteiger partial charge in [-0.05, 0) is 36.4 Å². The van der Waals surface area contributed by atoms with Gasteiger partial charge in [-0.25, -0.2) is 9.18 Å². The van der Waals surface area contributed by atoms with Gasteiger partial charge in [0.05, 0.1) is 16.2 Å². The van der Waals surface area contributed by atoms with Crippen molar-refractivity contribution in [2.24, 2.45) is 0 Å². The Bertz CT molecular complexity index is 1110. The van der Waals surface area contributed by atoms with Gasteiger partial charge in [0.15, 0.2) is 5.50 Å². The predicted octanol–water partition coefficient (Wildman–Crippen LogP) is 4.38. The van der Waals surface area contributed by atoms with Crippen molar-refractivity contribution in [3.63, 3.8) is 0 Å². The predicted molar refractivity (Wildman–Crippen MR) is 109 cm³/mol. The third kappa shape index (κ3) is 4.17. The van der Waals surface area contributed by atoms with Crippen molar-refractivity contribution in [1.82, 2.24) is 5.32 Å². The molecule has 1 fully saturated rings. The van der Waals surface area contributed by atoms with Crippen LogP contribution in [-0.2, 0) is 4.79 Å². The molecule has 1 aliphatic heterocycles. The summed E-state index contributed by atoms with van der Waals surface area (Å²) in [6.45, 7) is 0. The number of anilines is 1. The van der Waals surface area contributed by atoms with Gasteiger partial charge in [0.1, 0.15) is 17.3 Å². The average Bonchev–Trinajstić information content (AvgIpc) is 3.31. The summed E-state index contributed by atoms with van der Waals surface area (Å²) in [6.07, 6.45) is 1.61. The van der Waals surface area contributed by atoms with Crippen LogP contribution in [0.2, 0.25) is 0 Å². The Morgan fingerprint density at radius 2 is 1.90 bits per heavy atom. The molecule has 1 saturated heterocycles.